The molecule has 0 spiro atoms. The van der Waals surface area contributed by atoms with Crippen molar-refractivity contribution in [2.24, 2.45) is 5.92 Å². The molecule has 1 atom stereocenters. The Bertz CT molecular complexity index is 298. The summed E-state index contributed by atoms with van der Waals surface area (Å²) in [4.78, 5) is 0. The third-order valence-electron chi connectivity index (χ3n) is 3.84. The summed E-state index contributed by atoms with van der Waals surface area (Å²) in [5.74, 6) is 0.571. The van der Waals surface area contributed by atoms with Crippen LogP contribution in [0.15, 0.2) is 0 Å². The first-order valence-corrected chi connectivity index (χ1v) is 11.9. The monoisotopic (exact) mass is 378 g/mol. The van der Waals surface area contributed by atoms with Gasteiger partial charge >= 0.3 is 8.80 Å². The van der Waals surface area contributed by atoms with Crippen LogP contribution in [0.25, 0.3) is 0 Å². The van der Waals surface area contributed by atoms with Crippen LogP contribution in [-0.2, 0) is 18.0 Å². The number of hydrogen-bond donors (Lipinski definition) is 0. The van der Waals surface area contributed by atoms with Gasteiger partial charge in [0.15, 0.2) is 5.05 Å². The molecular formula is C18H38O4SSi. The first kappa shape index (κ1) is 24.0. The van der Waals surface area contributed by atoms with Crippen molar-refractivity contribution in [2.45, 2.75) is 79.2 Å². The van der Waals surface area contributed by atoms with E-state index in [1.165, 1.54) is 32.1 Å². The van der Waals surface area contributed by atoms with Gasteiger partial charge in [0.25, 0.3) is 0 Å². The minimum absolute atomic E-state index is 0.571. The van der Waals surface area contributed by atoms with Crippen LogP contribution in [0.2, 0.25) is 6.04 Å². The van der Waals surface area contributed by atoms with E-state index in [1.54, 1.807) is 0 Å². The second-order valence-electron chi connectivity index (χ2n) is 6.19. The van der Waals surface area contributed by atoms with Crippen molar-refractivity contribution in [1.29, 1.82) is 0 Å². The van der Waals surface area contributed by atoms with E-state index < -0.39 is 8.80 Å². The predicted molar refractivity (Wildman–Crippen MR) is 107 cm³/mol. The van der Waals surface area contributed by atoms with Crippen LogP contribution in [-0.4, -0.2) is 40.3 Å². The van der Waals surface area contributed by atoms with Crippen molar-refractivity contribution in [3.63, 3.8) is 0 Å². The van der Waals surface area contributed by atoms with Gasteiger partial charge in [-0.3, -0.25) is 0 Å². The molecular weight excluding hydrogens is 340 g/mol. The van der Waals surface area contributed by atoms with Crippen molar-refractivity contribution in [1.82, 2.24) is 0 Å². The van der Waals surface area contributed by atoms with Gasteiger partial charge in [0.2, 0.25) is 0 Å². The van der Waals surface area contributed by atoms with E-state index in [9.17, 15) is 0 Å². The van der Waals surface area contributed by atoms with Crippen molar-refractivity contribution in [2.75, 3.05) is 26.4 Å². The predicted octanol–water partition coefficient (Wildman–Crippen LogP) is 5.38. The van der Waals surface area contributed by atoms with Gasteiger partial charge in [0, 0.05) is 32.8 Å². The summed E-state index contributed by atoms with van der Waals surface area (Å²) in [5.41, 5.74) is 0. The van der Waals surface area contributed by atoms with Crippen LogP contribution in [0.4, 0.5) is 0 Å². The van der Waals surface area contributed by atoms with Gasteiger partial charge in [-0.25, -0.2) is 0 Å². The van der Waals surface area contributed by atoms with Crippen molar-refractivity contribution in [3.8, 4) is 0 Å². The standard InChI is InChI=1S/C18H38O4SSi/c1-6-20-24(21-7-2,22-8-3)16-17(4)14-12-10-9-11-13-15-19-18(5)23/h17H,6-16H2,1-5H3. The number of ether oxygens (including phenoxy) is 1. The van der Waals surface area contributed by atoms with Crippen LogP contribution in [0, 0.1) is 5.92 Å². The largest absolute Gasteiger partial charge is 0.501 e. The molecule has 0 rings (SSSR count). The summed E-state index contributed by atoms with van der Waals surface area (Å²) < 4.78 is 23.1. The van der Waals surface area contributed by atoms with Crippen LogP contribution in [0.1, 0.15) is 73.1 Å². The van der Waals surface area contributed by atoms with Crippen LogP contribution < -0.4 is 0 Å². The molecule has 0 fully saturated rings. The molecule has 0 aliphatic rings. The molecule has 0 saturated heterocycles. The van der Waals surface area contributed by atoms with Gasteiger partial charge in [-0.1, -0.05) is 39.0 Å². The molecule has 0 bridgehead atoms. The van der Waals surface area contributed by atoms with E-state index in [0.29, 0.717) is 30.8 Å². The summed E-state index contributed by atoms with van der Waals surface area (Å²) in [5, 5.41) is 0.648. The molecule has 0 aromatic carbocycles. The van der Waals surface area contributed by atoms with Crippen LogP contribution >= 0.6 is 12.2 Å². The number of rotatable bonds is 16. The Hall–Kier alpha value is -0.0131. The molecule has 0 amide bonds. The minimum atomic E-state index is -2.48. The summed E-state index contributed by atoms with van der Waals surface area (Å²) in [6, 6.07) is 0.921. The highest BCUT2D eigenvalue weighted by atomic mass is 32.1. The maximum Gasteiger partial charge on any atom is 0.501 e. The molecule has 0 heterocycles. The Morgan fingerprint density at radius 1 is 0.875 bits per heavy atom. The second kappa shape index (κ2) is 15.3. The van der Waals surface area contributed by atoms with E-state index in [4.69, 9.17) is 30.2 Å². The van der Waals surface area contributed by atoms with Crippen LogP contribution in [0.5, 0.6) is 0 Å². The Kier molecular flexibility index (Phi) is 15.2. The molecule has 24 heavy (non-hydrogen) atoms. The molecule has 0 saturated carbocycles. The molecule has 0 aliphatic heterocycles. The highest BCUT2D eigenvalue weighted by Crippen LogP contribution is 2.25. The third-order valence-corrected chi connectivity index (χ3v) is 7.34. The Balaban J connectivity index is 3.95. The summed E-state index contributed by atoms with van der Waals surface area (Å²) in [6.07, 6.45) is 7.30. The quantitative estimate of drug-likeness (QED) is 0.205. The molecule has 0 radical (unpaired) electrons. The van der Waals surface area contributed by atoms with Gasteiger partial charge < -0.3 is 18.0 Å². The average Bonchev–Trinajstić information content (AvgIpc) is 2.50. The highest BCUT2D eigenvalue weighted by Gasteiger charge is 2.41. The zero-order chi connectivity index (χ0) is 18.3. The van der Waals surface area contributed by atoms with Crippen LogP contribution in [0.3, 0.4) is 0 Å². The lowest BCUT2D eigenvalue weighted by Crippen LogP contribution is -2.47. The summed E-state index contributed by atoms with van der Waals surface area (Å²) in [6.45, 7) is 12.9. The topological polar surface area (TPSA) is 36.9 Å². The van der Waals surface area contributed by atoms with Crippen molar-refractivity contribution >= 4 is 26.1 Å². The molecule has 6 heteroatoms. The Morgan fingerprint density at radius 2 is 1.38 bits per heavy atom. The number of thiocarbonyl (C=S) groups is 1. The van der Waals surface area contributed by atoms with Gasteiger partial charge in [0.1, 0.15) is 0 Å². The van der Waals surface area contributed by atoms with Gasteiger partial charge in [-0.2, -0.15) is 0 Å². The molecule has 0 N–H and O–H groups in total. The zero-order valence-corrected chi connectivity index (χ0v) is 18.2. The van der Waals surface area contributed by atoms with E-state index in [1.807, 2.05) is 27.7 Å². The maximum atomic E-state index is 5.94. The van der Waals surface area contributed by atoms with E-state index in [-0.39, 0.29) is 0 Å². The molecule has 144 valence electrons. The first-order chi connectivity index (χ1) is 11.5. The lowest BCUT2D eigenvalue weighted by Gasteiger charge is -2.30. The minimum Gasteiger partial charge on any atom is -0.487 e. The smallest absolute Gasteiger partial charge is 0.487 e. The van der Waals surface area contributed by atoms with Gasteiger partial charge in [-0.05, 0) is 45.3 Å². The lowest BCUT2D eigenvalue weighted by atomic mass is 10.0. The molecule has 4 nitrogen and oxygen atoms in total. The summed E-state index contributed by atoms with van der Waals surface area (Å²) >= 11 is 4.89. The molecule has 0 aromatic heterocycles. The fourth-order valence-corrected chi connectivity index (χ4v) is 5.90. The van der Waals surface area contributed by atoms with Crippen molar-refractivity contribution < 1.29 is 18.0 Å². The fourth-order valence-electron chi connectivity index (χ4n) is 2.83. The van der Waals surface area contributed by atoms with Gasteiger partial charge in [0.05, 0.1) is 6.61 Å². The second-order valence-corrected chi connectivity index (χ2v) is 9.40. The summed E-state index contributed by atoms with van der Waals surface area (Å²) in [7, 11) is -2.48. The third kappa shape index (κ3) is 12.4. The lowest BCUT2D eigenvalue weighted by molar-refractivity contribution is 0.0672. The number of unbranched alkanes of at least 4 members (excludes halogenated alkanes) is 4. The zero-order valence-electron chi connectivity index (χ0n) is 16.4. The fraction of sp³-hybridized carbons (Fsp3) is 0.944. The molecule has 0 aliphatic carbocycles. The number of hydrogen-bond acceptors (Lipinski definition) is 5. The maximum absolute atomic E-state index is 5.94. The van der Waals surface area contributed by atoms with E-state index >= 15 is 0 Å². The average molecular weight is 379 g/mol. The van der Waals surface area contributed by atoms with E-state index in [2.05, 4.69) is 6.92 Å². The molecule has 0 aromatic rings. The highest BCUT2D eigenvalue weighted by molar-refractivity contribution is 7.80. The SMILES string of the molecule is CCO[Si](CC(C)CCCCCCCOC(C)=S)(OCC)OCC. The normalized spacial score (nSPS) is 13.0. The first-order valence-electron chi connectivity index (χ1n) is 9.54. The molecule has 1 unspecified atom stereocenters. The Morgan fingerprint density at radius 3 is 1.88 bits per heavy atom. The Labute approximate surface area is 156 Å². The van der Waals surface area contributed by atoms with Gasteiger partial charge in [-0.15, -0.1) is 0 Å². The van der Waals surface area contributed by atoms with Crippen molar-refractivity contribution in [3.05, 3.63) is 0 Å². The van der Waals surface area contributed by atoms with E-state index in [0.717, 1.165) is 19.1 Å².